The van der Waals surface area contributed by atoms with Crippen molar-refractivity contribution >= 4 is 45.0 Å². The van der Waals surface area contributed by atoms with Crippen molar-refractivity contribution < 1.29 is 32.6 Å². The molecule has 1 aromatic carbocycles. The van der Waals surface area contributed by atoms with Crippen LogP contribution in [-0.2, 0) is 37.4 Å². The highest BCUT2D eigenvalue weighted by atomic mass is 32.2. The van der Waals surface area contributed by atoms with Gasteiger partial charge in [-0.2, -0.15) is 4.31 Å². The molecule has 250 valence electrons. The first-order valence-electron chi connectivity index (χ1n) is 15.3. The Labute approximate surface area is 277 Å². The number of aromatic nitrogens is 1. The summed E-state index contributed by atoms with van der Waals surface area (Å²) >= 11 is 1.34. The molecule has 1 aliphatic carbocycles. The highest BCUT2D eigenvalue weighted by Crippen LogP contribution is 2.29. The van der Waals surface area contributed by atoms with Gasteiger partial charge in [-0.25, -0.2) is 18.2 Å². The third-order valence-corrected chi connectivity index (χ3v) is 10.4. The molecule has 3 heterocycles. The molecule has 0 bridgehead atoms. The lowest BCUT2D eigenvalue weighted by Crippen LogP contribution is -2.51. The van der Waals surface area contributed by atoms with Gasteiger partial charge in [0.05, 0.1) is 33.2 Å². The van der Waals surface area contributed by atoms with E-state index in [9.17, 15) is 27.9 Å². The molecule has 0 radical (unpaired) electrons. The number of sulfonamides is 1. The van der Waals surface area contributed by atoms with Gasteiger partial charge in [0.25, 0.3) is 0 Å². The molecule has 0 spiro atoms. The fourth-order valence-electron chi connectivity index (χ4n) is 5.40. The summed E-state index contributed by atoms with van der Waals surface area (Å²) in [4.78, 5) is 46.1. The monoisotopic (exact) mass is 682 g/mol. The SMILES string of the molecule is CC(C)CN(CC(O)C(Cc1ccccc1)NC(=O)OCc1cncs1)S(=O)(=O)C1=CC=C2C=C(NC(=O)C3CCC(=O)N3)N=C2C1. The number of aliphatic hydroxyl groups is 1. The molecule has 13 nitrogen and oxygen atoms in total. The van der Waals surface area contributed by atoms with Crippen molar-refractivity contribution in [3.8, 4) is 0 Å². The van der Waals surface area contributed by atoms with E-state index in [0.29, 0.717) is 17.7 Å². The van der Waals surface area contributed by atoms with Crippen LogP contribution >= 0.6 is 11.3 Å². The third kappa shape index (κ3) is 9.00. The van der Waals surface area contributed by atoms with E-state index in [2.05, 4.69) is 25.9 Å². The number of carbonyl (C=O) groups is 3. The van der Waals surface area contributed by atoms with Crippen molar-refractivity contribution in [3.63, 3.8) is 0 Å². The summed E-state index contributed by atoms with van der Waals surface area (Å²) < 4.78 is 34.7. The number of fused-ring (bicyclic) bond motifs is 1. The van der Waals surface area contributed by atoms with Gasteiger partial charge in [0.2, 0.25) is 21.8 Å². The number of amides is 3. The number of alkyl carbamates (subject to hydrolysis) is 1. The zero-order valence-corrected chi connectivity index (χ0v) is 27.7. The first-order valence-corrected chi connectivity index (χ1v) is 17.6. The average molecular weight is 683 g/mol. The number of thiazole rings is 1. The Hall–Kier alpha value is -4.18. The van der Waals surface area contributed by atoms with E-state index in [-0.39, 0.29) is 67.4 Å². The van der Waals surface area contributed by atoms with E-state index >= 15 is 0 Å². The molecule has 4 N–H and O–H groups in total. The van der Waals surface area contributed by atoms with Crippen molar-refractivity contribution in [3.05, 3.63) is 87.0 Å². The number of hydrogen-bond acceptors (Lipinski definition) is 10. The molecular weight excluding hydrogens is 645 g/mol. The number of aliphatic imine (C=N–C) groups is 1. The quantitative estimate of drug-likeness (QED) is 0.235. The second-order valence-corrected chi connectivity index (χ2v) is 14.9. The summed E-state index contributed by atoms with van der Waals surface area (Å²) in [5.41, 5.74) is 3.63. The van der Waals surface area contributed by atoms with E-state index in [1.165, 1.54) is 21.7 Å². The summed E-state index contributed by atoms with van der Waals surface area (Å²) in [5, 5.41) is 19.5. The van der Waals surface area contributed by atoms with E-state index in [4.69, 9.17) is 4.74 Å². The number of hydrogen-bond donors (Lipinski definition) is 4. The minimum absolute atomic E-state index is 0.00944. The average Bonchev–Trinajstić information content (AvgIpc) is 3.80. The summed E-state index contributed by atoms with van der Waals surface area (Å²) in [5.74, 6) is -0.358. The highest BCUT2D eigenvalue weighted by Gasteiger charge is 2.35. The Morgan fingerprint density at radius 3 is 2.66 bits per heavy atom. The van der Waals surface area contributed by atoms with Crippen LogP contribution in [0.4, 0.5) is 4.79 Å². The van der Waals surface area contributed by atoms with E-state index in [1.807, 2.05) is 44.2 Å². The Bertz CT molecular complexity index is 1700. The molecule has 3 atom stereocenters. The second kappa shape index (κ2) is 15.2. The van der Waals surface area contributed by atoms with Crippen molar-refractivity contribution in [2.24, 2.45) is 10.9 Å². The highest BCUT2D eigenvalue weighted by molar-refractivity contribution is 7.93. The van der Waals surface area contributed by atoms with Crippen LogP contribution in [0.5, 0.6) is 0 Å². The molecule has 0 saturated carbocycles. The molecule has 2 aromatic rings. The molecule has 3 amide bonds. The Morgan fingerprint density at radius 2 is 1.98 bits per heavy atom. The normalized spacial score (nSPS) is 18.8. The number of allylic oxidation sites excluding steroid dienone is 5. The number of ether oxygens (including phenoxy) is 1. The van der Waals surface area contributed by atoms with Crippen LogP contribution in [-0.4, -0.2) is 77.7 Å². The summed E-state index contributed by atoms with van der Waals surface area (Å²) in [6.07, 6.45) is 5.29. The number of aliphatic hydroxyl groups excluding tert-OH is 1. The fraction of sp³-hybridized carbons (Fsp3) is 0.406. The summed E-state index contributed by atoms with van der Waals surface area (Å²) in [6.45, 7) is 3.63. The molecule has 3 aliphatic rings. The molecule has 1 aromatic heterocycles. The van der Waals surface area contributed by atoms with Gasteiger partial charge in [-0.3, -0.25) is 14.6 Å². The topological polar surface area (TPSA) is 179 Å². The van der Waals surface area contributed by atoms with Crippen LogP contribution in [0.2, 0.25) is 0 Å². The third-order valence-electron chi connectivity index (χ3n) is 7.76. The first kappa shape index (κ1) is 34.2. The van der Waals surface area contributed by atoms with Gasteiger partial charge in [0, 0.05) is 37.7 Å². The van der Waals surface area contributed by atoms with Crippen LogP contribution in [0.25, 0.3) is 0 Å². The summed E-state index contributed by atoms with van der Waals surface area (Å²) in [6, 6.07) is 7.78. The largest absolute Gasteiger partial charge is 0.444 e. The van der Waals surface area contributed by atoms with Gasteiger partial charge < -0.3 is 25.8 Å². The number of rotatable bonds is 14. The predicted octanol–water partition coefficient (Wildman–Crippen LogP) is 2.53. The maximum Gasteiger partial charge on any atom is 0.407 e. The van der Waals surface area contributed by atoms with Crippen molar-refractivity contribution in [2.75, 3.05) is 13.1 Å². The van der Waals surface area contributed by atoms with E-state index in [1.54, 1.807) is 23.9 Å². The smallest absolute Gasteiger partial charge is 0.407 e. The molecule has 15 heteroatoms. The molecule has 3 unspecified atom stereocenters. The minimum Gasteiger partial charge on any atom is -0.444 e. The maximum absolute atomic E-state index is 14.1. The number of nitrogens with zero attached hydrogens (tertiary/aromatic N) is 3. The van der Waals surface area contributed by atoms with Crippen LogP contribution in [0.1, 0.15) is 43.6 Å². The second-order valence-electron chi connectivity index (χ2n) is 11.9. The lowest BCUT2D eigenvalue weighted by molar-refractivity contribution is -0.125. The fourth-order valence-corrected chi connectivity index (χ4v) is 7.64. The number of nitrogens with one attached hydrogen (secondary N) is 3. The Kier molecular flexibility index (Phi) is 11.0. The van der Waals surface area contributed by atoms with Crippen LogP contribution in [0.15, 0.2) is 81.6 Å². The standard InChI is InChI=1S/C32H38N6O7S2/c1-20(2)16-38(17-28(39)27(12-21-6-4-3-5-7-21)36-32(42)45-18-23-15-33-19-46-23)47(43,44)24-9-8-22-13-29(34-26(22)14-24)37-31(41)25-10-11-30(40)35-25/h3-9,13,15,19-20,25,27-28,39H,10-12,14,16-18H2,1-2H3,(H,35,40)(H,36,42)(H,37,41). The predicted molar refractivity (Wildman–Crippen MR) is 176 cm³/mol. The molecule has 1 saturated heterocycles. The number of benzene rings is 1. The molecule has 47 heavy (non-hydrogen) atoms. The van der Waals surface area contributed by atoms with Crippen molar-refractivity contribution in [1.82, 2.24) is 25.2 Å². The van der Waals surface area contributed by atoms with Gasteiger partial charge in [-0.15, -0.1) is 11.3 Å². The van der Waals surface area contributed by atoms with Gasteiger partial charge in [-0.1, -0.05) is 50.3 Å². The maximum atomic E-state index is 14.1. The Morgan fingerprint density at radius 1 is 1.19 bits per heavy atom. The van der Waals surface area contributed by atoms with Gasteiger partial charge >= 0.3 is 6.09 Å². The van der Waals surface area contributed by atoms with E-state index in [0.717, 1.165) is 10.4 Å². The van der Waals surface area contributed by atoms with Crippen LogP contribution in [0, 0.1) is 5.92 Å². The van der Waals surface area contributed by atoms with Crippen LogP contribution in [0.3, 0.4) is 0 Å². The van der Waals surface area contributed by atoms with Crippen LogP contribution < -0.4 is 16.0 Å². The Balaban J connectivity index is 1.28. The number of carbonyl (C=O) groups excluding carboxylic acids is 3. The minimum atomic E-state index is -4.09. The van der Waals surface area contributed by atoms with Gasteiger partial charge in [0.15, 0.2) is 0 Å². The molecule has 5 rings (SSSR count). The van der Waals surface area contributed by atoms with Gasteiger partial charge in [-0.05, 0) is 36.5 Å². The van der Waals surface area contributed by atoms with Gasteiger partial charge in [0.1, 0.15) is 18.5 Å². The molecule has 2 aliphatic heterocycles. The molecule has 1 fully saturated rings. The lowest BCUT2D eigenvalue weighted by Gasteiger charge is -2.31. The molecular formula is C32H38N6O7S2. The lowest BCUT2D eigenvalue weighted by atomic mass is 10.0. The first-order chi connectivity index (χ1) is 22.5. The zero-order valence-electron chi connectivity index (χ0n) is 26.1. The van der Waals surface area contributed by atoms with Crippen molar-refractivity contribution in [2.45, 2.75) is 64.3 Å². The zero-order chi connectivity index (χ0) is 33.6. The summed E-state index contributed by atoms with van der Waals surface area (Å²) in [7, 11) is -4.09. The van der Waals surface area contributed by atoms with Crippen molar-refractivity contribution in [1.29, 1.82) is 0 Å². The van der Waals surface area contributed by atoms with E-state index < -0.39 is 34.3 Å².